The van der Waals surface area contributed by atoms with Crippen LogP contribution in [0.1, 0.15) is 5.56 Å². The summed E-state index contributed by atoms with van der Waals surface area (Å²) < 4.78 is 10.8. The number of nitrogens with zero attached hydrogens (tertiary/aromatic N) is 3. The van der Waals surface area contributed by atoms with Gasteiger partial charge in [0.15, 0.2) is 6.61 Å². The van der Waals surface area contributed by atoms with E-state index >= 15 is 0 Å². The summed E-state index contributed by atoms with van der Waals surface area (Å²) in [5.74, 6) is 2.40. The van der Waals surface area contributed by atoms with E-state index in [1.165, 1.54) is 10.9 Å². The van der Waals surface area contributed by atoms with E-state index < -0.39 is 0 Å². The number of hydrogen-bond acceptors (Lipinski definition) is 5. The third-order valence-electron chi connectivity index (χ3n) is 5.29. The molecule has 3 aromatic rings. The molecule has 1 saturated heterocycles. The van der Waals surface area contributed by atoms with Crippen LogP contribution in [0.4, 0.5) is 5.82 Å². The van der Waals surface area contributed by atoms with Crippen molar-refractivity contribution in [3.63, 3.8) is 0 Å². The molecule has 1 fully saturated rings. The largest absolute Gasteiger partial charge is 0.497 e. The van der Waals surface area contributed by atoms with Crippen LogP contribution in [0, 0.1) is 6.92 Å². The zero-order valence-electron chi connectivity index (χ0n) is 16.8. The summed E-state index contributed by atoms with van der Waals surface area (Å²) in [6, 6.07) is 17.6. The van der Waals surface area contributed by atoms with Crippen molar-refractivity contribution in [1.29, 1.82) is 0 Å². The van der Waals surface area contributed by atoms with E-state index in [1.807, 2.05) is 35.2 Å². The van der Waals surface area contributed by atoms with Gasteiger partial charge in [0, 0.05) is 31.6 Å². The highest BCUT2D eigenvalue weighted by Gasteiger charge is 2.22. The number of aryl methyl sites for hydroxylation is 1. The molecule has 1 amide bonds. The number of pyridine rings is 1. The van der Waals surface area contributed by atoms with Crippen LogP contribution in [0.5, 0.6) is 11.5 Å². The number of amides is 1. The minimum Gasteiger partial charge on any atom is -0.497 e. The van der Waals surface area contributed by atoms with Crippen molar-refractivity contribution in [3.8, 4) is 11.5 Å². The van der Waals surface area contributed by atoms with Gasteiger partial charge < -0.3 is 19.3 Å². The van der Waals surface area contributed by atoms with Crippen LogP contribution in [-0.4, -0.2) is 55.7 Å². The average Bonchev–Trinajstić information content (AvgIpc) is 2.78. The van der Waals surface area contributed by atoms with Gasteiger partial charge in [-0.25, -0.2) is 4.98 Å². The SMILES string of the molecule is COc1ccc(OCC(=O)N2CCN(c3cc(C)c4ccccc4n3)CC2)cc1. The van der Waals surface area contributed by atoms with Gasteiger partial charge >= 0.3 is 0 Å². The minimum atomic E-state index is 0.00289. The summed E-state index contributed by atoms with van der Waals surface area (Å²) in [4.78, 5) is 21.4. The lowest BCUT2D eigenvalue weighted by Gasteiger charge is -2.35. The van der Waals surface area contributed by atoms with Crippen LogP contribution in [0.15, 0.2) is 54.6 Å². The number of para-hydroxylation sites is 1. The Balaban J connectivity index is 1.33. The van der Waals surface area contributed by atoms with Gasteiger partial charge in [-0.05, 0) is 48.9 Å². The smallest absolute Gasteiger partial charge is 0.260 e. The molecule has 4 rings (SSSR count). The number of carbonyl (C=O) groups excluding carboxylic acids is 1. The Morgan fingerprint density at radius 1 is 1.00 bits per heavy atom. The highest BCUT2D eigenvalue weighted by Crippen LogP contribution is 2.23. The summed E-state index contributed by atoms with van der Waals surface area (Å²) in [6.45, 7) is 5.01. The molecule has 0 unspecified atom stereocenters. The van der Waals surface area contributed by atoms with E-state index in [2.05, 4.69) is 24.0 Å². The van der Waals surface area contributed by atoms with Crippen LogP contribution in [-0.2, 0) is 4.79 Å². The lowest BCUT2D eigenvalue weighted by atomic mass is 10.1. The number of fused-ring (bicyclic) bond motifs is 1. The molecule has 0 atom stereocenters. The second-order valence-electron chi connectivity index (χ2n) is 7.15. The molecule has 2 heterocycles. The first-order chi connectivity index (χ1) is 14.1. The molecule has 2 aromatic carbocycles. The van der Waals surface area contributed by atoms with Gasteiger partial charge in [0.2, 0.25) is 0 Å². The van der Waals surface area contributed by atoms with Crippen molar-refractivity contribution < 1.29 is 14.3 Å². The van der Waals surface area contributed by atoms with Gasteiger partial charge in [0.25, 0.3) is 5.91 Å². The Bertz CT molecular complexity index is 996. The summed E-state index contributed by atoms with van der Waals surface area (Å²) in [6.07, 6.45) is 0. The van der Waals surface area contributed by atoms with Gasteiger partial charge in [-0.15, -0.1) is 0 Å². The fraction of sp³-hybridized carbons (Fsp3) is 0.304. The Kier molecular flexibility index (Phi) is 5.51. The first-order valence-corrected chi connectivity index (χ1v) is 9.80. The summed E-state index contributed by atoms with van der Waals surface area (Å²) >= 11 is 0. The first kappa shape index (κ1) is 19.1. The van der Waals surface area contributed by atoms with Crippen LogP contribution < -0.4 is 14.4 Å². The van der Waals surface area contributed by atoms with Crippen LogP contribution in [0.2, 0.25) is 0 Å². The summed E-state index contributed by atoms with van der Waals surface area (Å²) in [5.41, 5.74) is 2.23. The molecule has 0 bridgehead atoms. The molecule has 0 N–H and O–H groups in total. The Morgan fingerprint density at radius 2 is 1.69 bits per heavy atom. The lowest BCUT2D eigenvalue weighted by Crippen LogP contribution is -2.50. The number of benzene rings is 2. The second-order valence-corrected chi connectivity index (χ2v) is 7.15. The van der Waals surface area contributed by atoms with Gasteiger partial charge in [-0.2, -0.15) is 0 Å². The zero-order chi connectivity index (χ0) is 20.2. The Labute approximate surface area is 170 Å². The minimum absolute atomic E-state index is 0.00289. The zero-order valence-corrected chi connectivity index (χ0v) is 16.8. The van der Waals surface area contributed by atoms with Crippen molar-refractivity contribution in [2.75, 3.05) is 44.8 Å². The summed E-state index contributed by atoms with van der Waals surface area (Å²) in [5, 5.41) is 1.18. The van der Waals surface area contributed by atoms with E-state index in [4.69, 9.17) is 14.5 Å². The molecule has 6 heteroatoms. The predicted octanol–water partition coefficient (Wildman–Crippen LogP) is 3.28. The van der Waals surface area contributed by atoms with Crippen molar-refractivity contribution >= 4 is 22.6 Å². The van der Waals surface area contributed by atoms with Crippen molar-refractivity contribution in [1.82, 2.24) is 9.88 Å². The fourth-order valence-electron chi connectivity index (χ4n) is 3.59. The van der Waals surface area contributed by atoms with E-state index in [9.17, 15) is 4.79 Å². The molecule has 1 aromatic heterocycles. The molecular weight excluding hydrogens is 366 g/mol. The predicted molar refractivity (Wildman–Crippen MR) is 114 cm³/mol. The van der Waals surface area contributed by atoms with E-state index in [1.54, 1.807) is 19.2 Å². The first-order valence-electron chi connectivity index (χ1n) is 9.80. The molecule has 0 radical (unpaired) electrons. The highest BCUT2D eigenvalue weighted by molar-refractivity contribution is 5.84. The third kappa shape index (κ3) is 4.26. The molecular formula is C23H25N3O3. The molecule has 0 spiro atoms. The monoisotopic (exact) mass is 391 g/mol. The standard InChI is InChI=1S/C23H25N3O3/c1-17-15-22(24-21-6-4-3-5-20(17)21)25-11-13-26(14-12-25)23(27)16-29-19-9-7-18(28-2)8-10-19/h3-10,15H,11-14,16H2,1-2H3. The van der Waals surface area contributed by atoms with E-state index in [0.717, 1.165) is 30.2 Å². The van der Waals surface area contributed by atoms with Gasteiger partial charge in [-0.3, -0.25) is 4.79 Å². The van der Waals surface area contributed by atoms with Crippen LogP contribution in [0.3, 0.4) is 0 Å². The van der Waals surface area contributed by atoms with E-state index in [-0.39, 0.29) is 12.5 Å². The molecule has 29 heavy (non-hydrogen) atoms. The average molecular weight is 391 g/mol. The number of rotatable bonds is 5. The van der Waals surface area contributed by atoms with Gasteiger partial charge in [0.1, 0.15) is 17.3 Å². The maximum atomic E-state index is 12.5. The van der Waals surface area contributed by atoms with Crippen molar-refractivity contribution in [3.05, 3.63) is 60.2 Å². The molecule has 1 aliphatic heterocycles. The fourth-order valence-corrected chi connectivity index (χ4v) is 3.59. The van der Waals surface area contributed by atoms with Crippen LogP contribution >= 0.6 is 0 Å². The topological polar surface area (TPSA) is 54.9 Å². The third-order valence-corrected chi connectivity index (χ3v) is 5.29. The number of piperazine rings is 1. The maximum Gasteiger partial charge on any atom is 0.260 e. The highest BCUT2D eigenvalue weighted by atomic mass is 16.5. The van der Waals surface area contributed by atoms with Crippen LogP contribution in [0.25, 0.3) is 10.9 Å². The van der Waals surface area contributed by atoms with Gasteiger partial charge in [0.05, 0.1) is 12.6 Å². The normalized spacial score (nSPS) is 14.1. The molecule has 150 valence electrons. The van der Waals surface area contributed by atoms with Gasteiger partial charge in [-0.1, -0.05) is 18.2 Å². The maximum absolute atomic E-state index is 12.5. The number of methoxy groups -OCH3 is 1. The number of carbonyl (C=O) groups is 1. The molecule has 1 aliphatic rings. The van der Waals surface area contributed by atoms with Crippen molar-refractivity contribution in [2.45, 2.75) is 6.92 Å². The lowest BCUT2D eigenvalue weighted by molar-refractivity contribution is -0.133. The van der Waals surface area contributed by atoms with E-state index in [0.29, 0.717) is 18.8 Å². The summed E-state index contributed by atoms with van der Waals surface area (Å²) in [7, 11) is 1.62. The number of ether oxygens (including phenoxy) is 2. The molecule has 0 saturated carbocycles. The Morgan fingerprint density at radius 3 is 2.41 bits per heavy atom. The Hall–Kier alpha value is -3.28. The molecule has 0 aliphatic carbocycles. The molecule has 6 nitrogen and oxygen atoms in total. The number of aromatic nitrogens is 1. The van der Waals surface area contributed by atoms with Crippen molar-refractivity contribution in [2.24, 2.45) is 0 Å². The second kappa shape index (κ2) is 8.39. The quantitative estimate of drug-likeness (QED) is 0.668. The number of hydrogen-bond donors (Lipinski definition) is 0. The number of anilines is 1.